The summed E-state index contributed by atoms with van der Waals surface area (Å²) in [7, 11) is 1.54. The van der Waals surface area contributed by atoms with E-state index in [1.165, 1.54) is 23.1 Å². The van der Waals surface area contributed by atoms with Gasteiger partial charge in [-0.1, -0.05) is 60.7 Å². The van der Waals surface area contributed by atoms with E-state index in [-0.39, 0.29) is 42.3 Å². The second kappa shape index (κ2) is 10.9. The maximum absolute atomic E-state index is 13.9. The number of esters is 1. The van der Waals surface area contributed by atoms with Crippen molar-refractivity contribution in [1.82, 2.24) is 4.90 Å². The molecule has 3 aromatic rings. The number of hydrogen-bond acceptors (Lipinski definition) is 4. The molecule has 0 bridgehead atoms. The lowest BCUT2D eigenvalue weighted by Crippen LogP contribution is -2.38. The second-order valence-electron chi connectivity index (χ2n) is 8.73. The van der Waals surface area contributed by atoms with Crippen LogP contribution in [-0.2, 0) is 33.7 Å². The van der Waals surface area contributed by atoms with E-state index >= 15 is 0 Å². The minimum Gasteiger partial charge on any atom is -0.497 e. The van der Waals surface area contributed by atoms with Crippen molar-refractivity contribution in [2.45, 2.75) is 38.6 Å². The molecule has 1 unspecified atom stereocenters. The number of halogens is 3. The SMILES string of the molecule is COc1ccc(CN2C(=O)CC(c3ccccc3C(F)(F)F)C(C(=O)OCc3ccccc3)=C2C)cc1. The third kappa shape index (κ3) is 5.85. The van der Waals surface area contributed by atoms with E-state index in [2.05, 4.69) is 0 Å². The van der Waals surface area contributed by atoms with Gasteiger partial charge in [0, 0.05) is 18.0 Å². The van der Waals surface area contributed by atoms with Crippen molar-refractivity contribution in [3.63, 3.8) is 0 Å². The van der Waals surface area contributed by atoms with Gasteiger partial charge in [-0.15, -0.1) is 0 Å². The molecule has 0 aromatic heterocycles. The molecule has 1 amide bonds. The highest BCUT2D eigenvalue weighted by Gasteiger charge is 2.42. The van der Waals surface area contributed by atoms with Gasteiger partial charge in [-0.2, -0.15) is 13.2 Å². The van der Waals surface area contributed by atoms with Crippen molar-refractivity contribution in [2.24, 2.45) is 0 Å². The third-order valence-corrected chi connectivity index (χ3v) is 6.40. The zero-order valence-electron chi connectivity index (χ0n) is 20.4. The standard InChI is InChI=1S/C29H26F3NO4/c1-19-27(28(35)37-18-21-8-4-3-5-9-21)24(23-10-6-7-11-25(23)29(30,31)32)16-26(34)33(19)17-20-12-14-22(36-2)15-13-20/h3-15,24H,16-18H2,1-2H3. The van der Waals surface area contributed by atoms with Crippen molar-refractivity contribution in [3.8, 4) is 5.75 Å². The highest BCUT2D eigenvalue weighted by Crippen LogP contribution is 2.43. The van der Waals surface area contributed by atoms with E-state index in [1.807, 2.05) is 6.07 Å². The molecule has 0 fully saturated rings. The van der Waals surface area contributed by atoms with E-state index in [0.29, 0.717) is 5.75 Å². The molecule has 3 aromatic carbocycles. The normalized spacial score (nSPS) is 16.1. The zero-order valence-corrected chi connectivity index (χ0v) is 20.4. The molecule has 0 saturated heterocycles. The maximum Gasteiger partial charge on any atom is 0.416 e. The monoisotopic (exact) mass is 509 g/mol. The van der Waals surface area contributed by atoms with Gasteiger partial charge in [0.25, 0.3) is 0 Å². The van der Waals surface area contributed by atoms with Crippen LogP contribution in [0.4, 0.5) is 13.2 Å². The highest BCUT2D eigenvalue weighted by molar-refractivity contribution is 5.96. The van der Waals surface area contributed by atoms with Crippen molar-refractivity contribution < 1.29 is 32.2 Å². The van der Waals surface area contributed by atoms with Gasteiger partial charge in [0.2, 0.25) is 5.91 Å². The predicted molar refractivity (Wildman–Crippen MR) is 131 cm³/mol. The van der Waals surface area contributed by atoms with E-state index in [9.17, 15) is 22.8 Å². The Kier molecular flexibility index (Phi) is 7.66. The van der Waals surface area contributed by atoms with Crippen LogP contribution in [0.25, 0.3) is 0 Å². The first-order chi connectivity index (χ1) is 17.7. The number of hydrogen-bond donors (Lipinski definition) is 0. The molecule has 0 saturated carbocycles. The fraction of sp³-hybridized carbons (Fsp3) is 0.241. The molecule has 0 N–H and O–H groups in total. The fourth-order valence-corrected chi connectivity index (χ4v) is 4.51. The molecular weight excluding hydrogens is 483 g/mol. The number of carbonyl (C=O) groups excluding carboxylic acids is 2. The van der Waals surface area contributed by atoms with Crippen LogP contribution in [-0.4, -0.2) is 23.9 Å². The molecule has 4 rings (SSSR count). The molecule has 0 radical (unpaired) electrons. The lowest BCUT2D eigenvalue weighted by Gasteiger charge is -2.35. The van der Waals surface area contributed by atoms with Gasteiger partial charge in [-0.3, -0.25) is 4.79 Å². The Balaban J connectivity index is 1.74. The van der Waals surface area contributed by atoms with Gasteiger partial charge in [-0.05, 0) is 41.8 Å². The summed E-state index contributed by atoms with van der Waals surface area (Å²) >= 11 is 0. The average Bonchev–Trinajstić information content (AvgIpc) is 2.90. The van der Waals surface area contributed by atoms with Crippen molar-refractivity contribution in [3.05, 3.63) is 112 Å². The van der Waals surface area contributed by atoms with Crippen LogP contribution in [0, 0.1) is 0 Å². The Morgan fingerprint density at radius 1 is 0.946 bits per heavy atom. The third-order valence-electron chi connectivity index (χ3n) is 6.40. The number of carbonyl (C=O) groups is 2. The molecule has 37 heavy (non-hydrogen) atoms. The number of benzene rings is 3. The minimum atomic E-state index is -4.65. The lowest BCUT2D eigenvalue weighted by molar-refractivity contribution is -0.143. The summed E-state index contributed by atoms with van der Waals surface area (Å²) in [6.45, 7) is 1.68. The van der Waals surface area contributed by atoms with Crippen LogP contribution < -0.4 is 4.74 Å². The summed E-state index contributed by atoms with van der Waals surface area (Å²) < 4.78 is 52.4. The van der Waals surface area contributed by atoms with Gasteiger partial charge >= 0.3 is 12.1 Å². The van der Waals surface area contributed by atoms with Crippen LogP contribution >= 0.6 is 0 Å². The van der Waals surface area contributed by atoms with E-state index < -0.39 is 23.6 Å². The van der Waals surface area contributed by atoms with Gasteiger partial charge in [-0.25, -0.2) is 4.79 Å². The minimum absolute atomic E-state index is 0.0424. The number of rotatable bonds is 7. The largest absolute Gasteiger partial charge is 0.497 e. The summed E-state index contributed by atoms with van der Waals surface area (Å²) in [6.07, 6.45) is -4.94. The van der Waals surface area contributed by atoms with Crippen molar-refractivity contribution in [2.75, 3.05) is 7.11 Å². The predicted octanol–water partition coefficient (Wildman–Crippen LogP) is 6.25. The first kappa shape index (κ1) is 26.0. The highest BCUT2D eigenvalue weighted by atomic mass is 19.4. The number of nitrogens with zero attached hydrogens (tertiary/aromatic N) is 1. The number of allylic oxidation sites excluding steroid dienone is 1. The van der Waals surface area contributed by atoms with Crippen molar-refractivity contribution >= 4 is 11.9 Å². The Bertz CT molecular complexity index is 1300. The molecule has 8 heteroatoms. The molecule has 0 aliphatic carbocycles. The molecule has 1 heterocycles. The number of ether oxygens (including phenoxy) is 2. The van der Waals surface area contributed by atoms with Gasteiger partial charge in [0.05, 0.1) is 24.8 Å². The van der Waals surface area contributed by atoms with Crippen LogP contribution in [0.15, 0.2) is 90.1 Å². The summed E-state index contributed by atoms with van der Waals surface area (Å²) in [6, 6.07) is 21.1. The Morgan fingerprint density at radius 2 is 1.59 bits per heavy atom. The zero-order chi connectivity index (χ0) is 26.6. The van der Waals surface area contributed by atoms with Gasteiger partial charge < -0.3 is 14.4 Å². The smallest absolute Gasteiger partial charge is 0.416 e. The Hall–Kier alpha value is -4.07. The first-order valence-electron chi connectivity index (χ1n) is 11.7. The summed E-state index contributed by atoms with van der Waals surface area (Å²) in [4.78, 5) is 28.1. The summed E-state index contributed by atoms with van der Waals surface area (Å²) in [5.74, 6) is -1.58. The van der Waals surface area contributed by atoms with Crippen LogP contribution in [0.2, 0.25) is 0 Å². The van der Waals surface area contributed by atoms with Crippen LogP contribution in [0.3, 0.4) is 0 Å². The van der Waals surface area contributed by atoms with E-state index in [1.54, 1.807) is 62.6 Å². The average molecular weight is 510 g/mol. The molecule has 0 spiro atoms. The molecular formula is C29H26F3NO4. The molecule has 1 aliphatic rings. The van der Waals surface area contributed by atoms with Crippen LogP contribution in [0.1, 0.15) is 41.5 Å². The topological polar surface area (TPSA) is 55.8 Å². The second-order valence-corrected chi connectivity index (χ2v) is 8.73. The Labute approximate surface area is 213 Å². The molecule has 1 aliphatic heterocycles. The quantitative estimate of drug-likeness (QED) is 0.354. The van der Waals surface area contributed by atoms with E-state index in [4.69, 9.17) is 9.47 Å². The lowest BCUT2D eigenvalue weighted by atomic mass is 9.81. The first-order valence-corrected chi connectivity index (χ1v) is 11.7. The molecule has 1 atom stereocenters. The number of amides is 1. The molecule has 5 nitrogen and oxygen atoms in total. The summed E-state index contributed by atoms with van der Waals surface area (Å²) in [5.41, 5.74) is 0.826. The number of methoxy groups -OCH3 is 1. The van der Waals surface area contributed by atoms with Gasteiger partial charge in [0.1, 0.15) is 12.4 Å². The van der Waals surface area contributed by atoms with Crippen LogP contribution in [0.5, 0.6) is 5.75 Å². The fourth-order valence-electron chi connectivity index (χ4n) is 4.51. The maximum atomic E-state index is 13.9. The number of alkyl halides is 3. The van der Waals surface area contributed by atoms with Gasteiger partial charge in [0.15, 0.2) is 0 Å². The molecule has 192 valence electrons. The van der Waals surface area contributed by atoms with Crippen molar-refractivity contribution in [1.29, 1.82) is 0 Å². The van der Waals surface area contributed by atoms with E-state index in [0.717, 1.165) is 17.2 Å². The summed E-state index contributed by atoms with van der Waals surface area (Å²) in [5, 5.41) is 0. The Morgan fingerprint density at radius 3 is 2.24 bits per heavy atom.